The summed E-state index contributed by atoms with van der Waals surface area (Å²) in [5, 5.41) is 14.2. The van der Waals surface area contributed by atoms with E-state index in [-0.39, 0.29) is 38.2 Å². The molecule has 3 rings (SSSR count). The van der Waals surface area contributed by atoms with Crippen molar-refractivity contribution < 1.29 is 29.0 Å². The maximum Gasteiger partial charge on any atom is 0.407 e. The summed E-state index contributed by atoms with van der Waals surface area (Å²) in [5.74, 6) is -1.47. The van der Waals surface area contributed by atoms with Gasteiger partial charge in [0.2, 0.25) is 5.91 Å². The van der Waals surface area contributed by atoms with Crippen molar-refractivity contribution in [2.75, 3.05) is 26.4 Å². The lowest BCUT2D eigenvalue weighted by atomic mass is 9.98. The Morgan fingerprint density at radius 3 is 2.18 bits per heavy atom. The first-order valence-corrected chi connectivity index (χ1v) is 11.1. The number of hydrogen-bond acceptors (Lipinski definition) is 5. The first kappa shape index (κ1) is 24.3. The Labute approximate surface area is 193 Å². The highest BCUT2D eigenvalue weighted by Gasteiger charge is 2.29. The highest BCUT2D eigenvalue weighted by molar-refractivity contribution is 5.84. The second-order valence-corrected chi connectivity index (χ2v) is 8.39. The van der Waals surface area contributed by atoms with Crippen LogP contribution in [0.3, 0.4) is 0 Å². The van der Waals surface area contributed by atoms with Crippen molar-refractivity contribution in [1.82, 2.24) is 10.6 Å². The number of alkyl carbamates (subject to hydrolysis) is 1. The number of rotatable bonds is 11. The SMILES string of the molecule is CC(C)C[C@H](NC(=O)COCCNC(=O)OCC1c2ccccc2-c2ccccc21)C(=O)O. The highest BCUT2D eigenvalue weighted by atomic mass is 16.5. The predicted octanol–water partition coefficient (Wildman–Crippen LogP) is 3.16. The van der Waals surface area contributed by atoms with E-state index in [0.29, 0.717) is 6.42 Å². The van der Waals surface area contributed by atoms with Gasteiger partial charge in [-0.2, -0.15) is 0 Å². The summed E-state index contributed by atoms with van der Waals surface area (Å²) < 4.78 is 10.7. The number of carboxylic acid groups (broad SMARTS) is 1. The van der Waals surface area contributed by atoms with Gasteiger partial charge >= 0.3 is 12.1 Å². The Hall–Kier alpha value is -3.39. The average Bonchev–Trinajstić information content (AvgIpc) is 3.10. The molecule has 2 amide bonds. The van der Waals surface area contributed by atoms with E-state index in [9.17, 15) is 14.4 Å². The molecular weight excluding hydrogens is 424 g/mol. The number of fused-ring (bicyclic) bond motifs is 3. The van der Waals surface area contributed by atoms with Gasteiger partial charge in [0.1, 0.15) is 19.3 Å². The van der Waals surface area contributed by atoms with Crippen molar-refractivity contribution in [1.29, 1.82) is 0 Å². The molecular formula is C25H30N2O6. The zero-order valence-electron chi connectivity index (χ0n) is 18.9. The molecule has 1 atom stereocenters. The molecule has 2 aromatic carbocycles. The zero-order chi connectivity index (χ0) is 23.8. The molecule has 33 heavy (non-hydrogen) atoms. The van der Waals surface area contributed by atoms with Crippen LogP contribution in [-0.2, 0) is 19.1 Å². The maximum atomic E-state index is 12.1. The quantitative estimate of drug-likeness (QED) is 0.450. The molecule has 0 aliphatic heterocycles. The van der Waals surface area contributed by atoms with Crippen LogP contribution >= 0.6 is 0 Å². The Morgan fingerprint density at radius 1 is 1.00 bits per heavy atom. The molecule has 8 heteroatoms. The molecule has 0 spiro atoms. The number of carbonyl (C=O) groups excluding carboxylic acids is 2. The van der Waals surface area contributed by atoms with Crippen LogP contribution in [0.1, 0.15) is 37.3 Å². The predicted molar refractivity (Wildman–Crippen MR) is 123 cm³/mol. The van der Waals surface area contributed by atoms with Gasteiger partial charge in [-0.05, 0) is 34.6 Å². The molecule has 0 unspecified atom stereocenters. The van der Waals surface area contributed by atoms with Crippen molar-refractivity contribution in [3.8, 4) is 11.1 Å². The summed E-state index contributed by atoms with van der Waals surface area (Å²) in [6, 6.07) is 15.3. The molecule has 0 aromatic heterocycles. The molecule has 3 N–H and O–H groups in total. The van der Waals surface area contributed by atoms with Gasteiger partial charge in [0.15, 0.2) is 0 Å². The Bertz CT molecular complexity index is 945. The molecule has 0 heterocycles. The highest BCUT2D eigenvalue weighted by Crippen LogP contribution is 2.44. The molecule has 1 aliphatic rings. The molecule has 8 nitrogen and oxygen atoms in total. The molecule has 1 aliphatic carbocycles. The number of nitrogens with one attached hydrogen (secondary N) is 2. The third-order valence-corrected chi connectivity index (χ3v) is 5.43. The lowest BCUT2D eigenvalue weighted by Gasteiger charge is -2.16. The number of benzene rings is 2. The van der Waals surface area contributed by atoms with Crippen LogP contribution in [0, 0.1) is 5.92 Å². The number of ether oxygens (including phenoxy) is 2. The van der Waals surface area contributed by atoms with Crippen LogP contribution in [0.15, 0.2) is 48.5 Å². The van der Waals surface area contributed by atoms with E-state index in [2.05, 4.69) is 34.9 Å². The van der Waals surface area contributed by atoms with Crippen LogP contribution in [0.25, 0.3) is 11.1 Å². The molecule has 0 saturated carbocycles. The summed E-state index contributed by atoms with van der Waals surface area (Å²) in [4.78, 5) is 35.2. The van der Waals surface area contributed by atoms with E-state index in [1.165, 1.54) is 0 Å². The summed E-state index contributed by atoms with van der Waals surface area (Å²) in [7, 11) is 0. The van der Waals surface area contributed by atoms with Crippen LogP contribution < -0.4 is 10.6 Å². The van der Waals surface area contributed by atoms with Gasteiger partial charge in [0, 0.05) is 12.5 Å². The third-order valence-electron chi connectivity index (χ3n) is 5.43. The monoisotopic (exact) mass is 454 g/mol. The first-order valence-electron chi connectivity index (χ1n) is 11.1. The lowest BCUT2D eigenvalue weighted by molar-refractivity contribution is -0.143. The van der Waals surface area contributed by atoms with Gasteiger partial charge < -0.3 is 25.2 Å². The van der Waals surface area contributed by atoms with Crippen LogP contribution in [0.2, 0.25) is 0 Å². The lowest BCUT2D eigenvalue weighted by Crippen LogP contribution is -2.43. The van der Waals surface area contributed by atoms with Crippen molar-refractivity contribution in [2.24, 2.45) is 5.92 Å². The normalized spacial score (nSPS) is 13.2. The maximum absolute atomic E-state index is 12.1. The topological polar surface area (TPSA) is 114 Å². The minimum atomic E-state index is -1.08. The number of carboxylic acids is 1. The minimum absolute atomic E-state index is 0.0175. The van der Waals surface area contributed by atoms with Crippen molar-refractivity contribution in [3.63, 3.8) is 0 Å². The van der Waals surface area contributed by atoms with E-state index < -0.39 is 24.0 Å². The minimum Gasteiger partial charge on any atom is -0.480 e. The van der Waals surface area contributed by atoms with E-state index >= 15 is 0 Å². The number of carbonyl (C=O) groups is 3. The third kappa shape index (κ3) is 6.55. The largest absolute Gasteiger partial charge is 0.480 e. The standard InChI is InChI=1S/C25H30N2O6/c1-16(2)13-22(24(29)30)27-23(28)15-32-12-11-26-25(31)33-14-21-19-9-5-3-7-17(19)18-8-4-6-10-20(18)21/h3-10,16,21-22H,11-15H2,1-2H3,(H,26,31)(H,27,28)(H,29,30)/t22-/m0/s1. The number of aliphatic carboxylic acids is 1. The van der Waals surface area contributed by atoms with Crippen LogP contribution in [-0.4, -0.2) is 55.5 Å². The molecule has 0 radical (unpaired) electrons. The summed E-state index contributed by atoms with van der Waals surface area (Å²) in [6.07, 6.45) is -0.225. The Morgan fingerprint density at radius 2 is 1.61 bits per heavy atom. The Kier molecular flexibility index (Phi) is 8.43. The average molecular weight is 455 g/mol. The molecule has 176 valence electrons. The second kappa shape index (κ2) is 11.5. The first-order chi connectivity index (χ1) is 15.9. The van der Waals surface area contributed by atoms with Gasteiger partial charge in [0.05, 0.1) is 6.61 Å². The zero-order valence-corrected chi connectivity index (χ0v) is 18.9. The van der Waals surface area contributed by atoms with Gasteiger partial charge in [-0.25, -0.2) is 9.59 Å². The fourth-order valence-corrected chi connectivity index (χ4v) is 3.97. The van der Waals surface area contributed by atoms with Gasteiger partial charge in [-0.15, -0.1) is 0 Å². The molecule has 0 fully saturated rings. The van der Waals surface area contributed by atoms with Gasteiger partial charge in [-0.3, -0.25) is 4.79 Å². The summed E-state index contributed by atoms with van der Waals surface area (Å²) >= 11 is 0. The van der Waals surface area contributed by atoms with Gasteiger partial charge in [-0.1, -0.05) is 62.4 Å². The summed E-state index contributed by atoms with van der Waals surface area (Å²) in [5.41, 5.74) is 4.59. The van der Waals surface area contributed by atoms with E-state index in [1.54, 1.807) is 0 Å². The van der Waals surface area contributed by atoms with E-state index in [0.717, 1.165) is 22.3 Å². The van der Waals surface area contributed by atoms with Crippen LogP contribution in [0.4, 0.5) is 4.79 Å². The van der Waals surface area contributed by atoms with E-state index in [1.807, 2.05) is 38.1 Å². The molecule has 0 saturated heterocycles. The number of amides is 2. The van der Waals surface area contributed by atoms with Crippen molar-refractivity contribution in [3.05, 3.63) is 59.7 Å². The second-order valence-electron chi connectivity index (χ2n) is 8.39. The van der Waals surface area contributed by atoms with E-state index in [4.69, 9.17) is 14.6 Å². The smallest absolute Gasteiger partial charge is 0.407 e. The molecule has 2 aromatic rings. The van der Waals surface area contributed by atoms with Crippen molar-refractivity contribution in [2.45, 2.75) is 32.2 Å². The number of hydrogen-bond donors (Lipinski definition) is 3. The van der Waals surface area contributed by atoms with Gasteiger partial charge in [0.25, 0.3) is 0 Å². The Balaban J connectivity index is 1.37. The summed E-state index contributed by atoms with van der Waals surface area (Å²) in [6.45, 7) is 3.96. The fourth-order valence-electron chi connectivity index (χ4n) is 3.97. The fraction of sp³-hybridized carbons (Fsp3) is 0.400. The molecule has 0 bridgehead atoms. The van der Waals surface area contributed by atoms with Crippen LogP contribution in [0.5, 0.6) is 0 Å². The van der Waals surface area contributed by atoms with Crippen molar-refractivity contribution >= 4 is 18.0 Å².